The first-order valence-corrected chi connectivity index (χ1v) is 6.28. The molecule has 0 fully saturated rings. The molecule has 2 atom stereocenters. The number of hydrogen-bond donors (Lipinski definition) is 1. The lowest BCUT2D eigenvalue weighted by atomic mass is 9.97. The van der Waals surface area contributed by atoms with Crippen molar-refractivity contribution in [2.45, 2.75) is 32.7 Å². The third-order valence-electron chi connectivity index (χ3n) is 3.16. The summed E-state index contributed by atoms with van der Waals surface area (Å²) in [6.07, 6.45) is 3.77. The molecule has 1 heterocycles. The topological polar surface area (TPSA) is 56.3 Å². The SMILES string of the molecule is CCC(C)CC(NC)c1ncc(OC)nc1OC. The van der Waals surface area contributed by atoms with E-state index in [1.165, 1.54) is 0 Å². The minimum absolute atomic E-state index is 0.147. The number of methoxy groups -OCH3 is 2. The van der Waals surface area contributed by atoms with Crippen LogP contribution in [0, 0.1) is 5.92 Å². The fraction of sp³-hybridized carbons (Fsp3) is 0.692. The second-order valence-corrected chi connectivity index (χ2v) is 4.40. The van der Waals surface area contributed by atoms with Gasteiger partial charge in [-0.1, -0.05) is 20.3 Å². The molecule has 1 rings (SSSR count). The van der Waals surface area contributed by atoms with E-state index < -0.39 is 0 Å². The Morgan fingerprint density at radius 2 is 2.06 bits per heavy atom. The highest BCUT2D eigenvalue weighted by atomic mass is 16.5. The van der Waals surface area contributed by atoms with Gasteiger partial charge in [0.15, 0.2) is 0 Å². The highest BCUT2D eigenvalue weighted by Gasteiger charge is 2.20. The molecule has 0 bridgehead atoms. The van der Waals surface area contributed by atoms with Crippen molar-refractivity contribution in [2.75, 3.05) is 21.3 Å². The van der Waals surface area contributed by atoms with Gasteiger partial charge in [-0.05, 0) is 19.4 Å². The third-order valence-corrected chi connectivity index (χ3v) is 3.16. The van der Waals surface area contributed by atoms with Crippen LogP contribution in [0.25, 0.3) is 0 Å². The summed E-state index contributed by atoms with van der Waals surface area (Å²) in [5.41, 5.74) is 0.834. The molecule has 0 amide bonds. The number of aromatic nitrogens is 2. The molecule has 1 N–H and O–H groups in total. The maximum Gasteiger partial charge on any atom is 0.240 e. The Bertz CT molecular complexity index is 371. The number of nitrogens with one attached hydrogen (secondary N) is 1. The van der Waals surface area contributed by atoms with Gasteiger partial charge in [0.1, 0.15) is 5.69 Å². The summed E-state index contributed by atoms with van der Waals surface area (Å²) in [7, 11) is 5.10. The molecule has 0 spiro atoms. The van der Waals surface area contributed by atoms with E-state index >= 15 is 0 Å². The maximum absolute atomic E-state index is 5.29. The Morgan fingerprint density at radius 3 is 2.56 bits per heavy atom. The molecular weight excluding hydrogens is 230 g/mol. The van der Waals surface area contributed by atoms with Gasteiger partial charge in [0.2, 0.25) is 11.8 Å². The van der Waals surface area contributed by atoms with E-state index in [2.05, 4.69) is 29.1 Å². The smallest absolute Gasteiger partial charge is 0.240 e. The largest absolute Gasteiger partial charge is 0.480 e. The van der Waals surface area contributed by atoms with Crippen molar-refractivity contribution in [3.63, 3.8) is 0 Å². The molecule has 5 nitrogen and oxygen atoms in total. The number of nitrogens with zero attached hydrogens (tertiary/aromatic N) is 2. The lowest BCUT2D eigenvalue weighted by molar-refractivity contribution is 0.341. The molecular formula is C13H23N3O2. The molecule has 1 aromatic rings. The molecule has 0 aromatic carbocycles. The molecule has 0 saturated heterocycles. The zero-order valence-electron chi connectivity index (χ0n) is 11.9. The zero-order valence-corrected chi connectivity index (χ0v) is 11.9. The van der Waals surface area contributed by atoms with Crippen molar-refractivity contribution in [2.24, 2.45) is 5.92 Å². The average Bonchev–Trinajstić information content (AvgIpc) is 2.43. The van der Waals surface area contributed by atoms with Crippen molar-refractivity contribution in [3.8, 4) is 11.8 Å². The Kier molecular flexibility index (Phi) is 5.85. The van der Waals surface area contributed by atoms with Crippen LogP contribution in [0.2, 0.25) is 0 Å². The van der Waals surface area contributed by atoms with Crippen LogP contribution in [-0.2, 0) is 0 Å². The fourth-order valence-electron chi connectivity index (χ4n) is 1.79. The molecule has 5 heteroatoms. The highest BCUT2D eigenvalue weighted by molar-refractivity contribution is 5.25. The van der Waals surface area contributed by atoms with Gasteiger partial charge in [0.05, 0.1) is 26.5 Å². The van der Waals surface area contributed by atoms with Gasteiger partial charge in [-0.2, -0.15) is 4.98 Å². The predicted octanol–water partition coefficient (Wildman–Crippen LogP) is 2.19. The number of ether oxygens (including phenoxy) is 2. The molecule has 18 heavy (non-hydrogen) atoms. The first kappa shape index (κ1) is 14.7. The Morgan fingerprint density at radius 1 is 1.33 bits per heavy atom. The van der Waals surface area contributed by atoms with Gasteiger partial charge in [0.25, 0.3) is 0 Å². The van der Waals surface area contributed by atoms with Gasteiger partial charge in [-0.25, -0.2) is 4.98 Å². The molecule has 102 valence electrons. The molecule has 0 saturated carbocycles. The molecule has 0 radical (unpaired) electrons. The number of rotatable bonds is 7. The molecule has 2 unspecified atom stereocenters. The predicted molar refractivity (Wildman–Crippen MR) is 71.0 cm³/mol. The average molecular weight is 253 g/mol. The second kappa shape index (κ2) is 7.16. The Hall–Kier alpha value is -1.36. The Labute approximate surface area is 109 Å². The molecule has 1 aromatic heterocycles. The number of hydrogen-bond acceptors (Lipinski definition) is 5. The van der Waals surface area contributed by atoms with E-state index in [4.69, 9.17) is 9.47 Å². The van der Waals surface area contributed by atoms with E-state index in [0.717, 1.165) is 18.5 Å². The summed E-state index contributed by atoms with van der Waals surface area (Å²) < 4.78 is 10.3. The van der Waals surface area contributed by atoms with Gasteiger partial charge in [0, 0.05) is 0 Å². The van der Waals surface area contributed by atoms with Gasteiger partial charge in [-0.15, -0.1) is 0 Å². The summed E-state index contributed by atoms with van der Waals surface area (Å²) in [5.74, 6) is 1.61. The van der Waals surface area contributed by atoms with E-state index in [0.29, 0.717) is 17.7 Å². The van der Waals surface area contributed by atoms with E-state index in [1.54, 1.807) is 20.4 Å². The van der Waals surface area contributed by atoms with Crippen LogP contribution >= 0.6 is 0 Å². The zero-order chi connectivity index (χ0) is 13.5. The van der Waals surface area contributed by atoms with E-state index in [1.807, 2.05) is 7.05 Å². The van der Waals surface area contributed by atoms with Crippen molar-refractivity contribution in [3.05, 3.63) is 11.9 Å². The summed E-state index contributed by atoms with van der Waals surface area (Å²) in [6, 6.07) is 0.147. The van der Waals surface area contributed by atoms with Crippen LogP contribution in [0.3, 0.4) is 0 Å². The van der Waals surface area contributed by atoms with Crippen molar-refractivity contribution < 1.29 is 9.47 Å². The van der Waals surface area contributed by atoms with Crippen LogP contribution < -0.4 is 14.8 Å². The van der Waals surface area contributed by atoms with Crippen molar-refractivity contribution in [1.29, 1.82) is 0 Å². The molecule has 0 aliphatic carbocycles. The van der Waals surface area contributed by atoms with Crippen molar-refractivity contribution in [1.82, 2.24) is 15.3 Å². The second-order valence-electron chi connectivity index (χ2n) is 4.40. The van der Waals surface area contributed by atoms with Crippen LogP contribution in [0.1, 0.15) is 38.4 Å². The van der Waals surface area contributed by atoms with E-state index in [-0.39, 0.29) is 6.04 Å². The summed E-state index contributed by atoms with van der Waals surface area (Å²) in [6.45, 7) is 4.42. The maximum atomic E-state index is 5.29. The fourth-order valence-corrected chi connectivity index (χ4v) is 1.79. The standard InChI is InChI=1S/C13H23N3O2/c1-6-9(2)7-10(14-3)12-13(18-5)16-11(17-4)8-15-12/h8-10,14H,6-7H2,1-5H3. The first-order chi connectivity index (χ1) is 8.65. The van der Waals surface area contributed by atoms with Crippen LogP contribution in [0.5, 0.6) is 11.8 Å². The summed E-state index contributed by atoms with van der Waals surface area (Å²) >= 11 is 0. The Balaban J connectivity index is 2.97. The van der Waals surface area contributed by atoms with Crippen LogP contribution in [-0.4, -0.2) is 31.2 Å². The van der Waals surface area contributed by atoms with Gasteiger partial charge in [-0.3, -0.25) is 0 Å². The van der Waals surface area contributed by atoms with E-state index in [9.17, 15) is 0 Å². The minimum Gasteiger partial charge on any atom is -0.480 e. The first-order valence-electron chi connectivity index (χ1n) is 6.28. The summed E-state index contributed by atoms with van der Waals surface area (Å²) in [5, 5.41) is 3.27. The summed E-state index contributed by atoms with van der Waals surface area (Å²) in [4.78, 5) is 8.67. The van der Waals surface area contributed by atoms with Crippen LogP contribution in [0.4, 0.5) is 0 Å². The van der Waals surface area contributed by atoms with Crippen LogP contribution in [0.15, 0.2) is 6.20 Å². The van der Waals surface area contributed by atoms with Gasteiger partial charge < -0.3 is 14.8 Å². The lowest BCUT2D eigenvalue weighted by Gasteiger charge is -2.20. The molecule has 0 aliphatic rings. The quantitative estimate of drug-likeness (QED) is 0.807. The normalized spacial score (nSPS) is 14.1. The molecule has 0 aliphatic heterocycles. The van der Waals surface area contributed by atoms with Gasteiger partial charge >= 0.3 is 0 Å². The third kappa shape index (κ3) is 3.57. The van der Waals surface area contributed by atoms with Crippen molar-refractivity contribution >= 4 is 0 Å². The monoisotopic (exact) mass is 253 g/mol. The minimum atomic E-state index is 0.147. The lowest BCUT2D eigenvalue weighted by Crippen LogP contribution is -2.21. The highest BCUT2D eigenvalue weighted by Crippen LogP contribution is 2.28.